The molecule has 0 bridgehead atoms. The number of amides is 1. The van der Waals surface area contributed by atoms with Gasteiger partial charge in [-0.1, -0.05) is 23.5 Å². The number of likely N-dealkylation sites (tertiary alicyclic amines) is 1. The summed E-state index contributed by atoms with van der Waals surface area (Å²) in [5, 5.41) is 20.6. The van der Waals surface area contributed by atoms with Gasteiger partial charge in [0.2, 0.25) is 5.01 Å². The highest BCUT2D eigenvalue weighted by Crippen LogP contribution is 2.21. The molecule has 9 heteroatoms. The number of nitrogens with one attached hydrogen (secondary N) is 1. The fraction of sp³-hybridized carbons (Fsp3) is 0.375. The minimum atomic E-state index is -0.834. The minimum absolute atomic E-state index is 0.225. The Labute approximate surface area is 147 Å². The Hall–Kier alpha value is -2.39. The monoisotopic (exact) mass is 364 g/mol. The zero-order valence-electron chi connectivity index (χ0n) is 13.3. The van der Waals surface area contributed by atoms with Gasteiger partial charge in [0.05, 0.1) is 6.54 Å². The van der Waals surface area contributed by atoms with Crippen LogP contribution in [0.4, 0.5) is 4.39 Å². The summed E-state index contributed by atoms with van der Waals surface area (Å²) in [6, 6.07) is 5.36. The van der Waals surface area contributed by atoms with Crippen LogP contribution in [-0.4, -0.2) is 44.7 Å². The van der Waals surface area contributed by atoms with E-state index >= 15 is 0 Å². The Balaban J connectivity index is 1.56. The van der Waals surface area contributed by atoms with Crippen LogP contribution in [0, 0.1) is 5.82 Å². The molecule has 1 aromatic carbocycles. The molecule has 1 fully saturated rings. The van der Waals surface area contributed by atoms with E-state index in [2.05, 4.69) is 15.5 Å². The van der Waals surface area contributed by atoms with Crippen molar-refractivity contribution in [3.63, 3.8) is 0 Å². The van der Waals surface area contributed by atoms with E-state index in [0.717, 1.165) is 23.3 Å². The van der Waals surface area contributed by atoms with Gasteiger partial charge in [0.15, 0.2) is 0 Å². The Morgan fingerprint density at radius 2 is 2.08 bits per heavy atom. The molecule has 2 aromatic rings. The largest absolute Gasteiger partial charge is 0.480 e. The molecule has 7 nitrogen and oxygen atoms in total. The summed E-state index contributed by atoms with van der Waals surface area (Å²) in [5.74, 6) is -1.52. The van der Waals surface area contributed by atoms with Crippen molar-refractivity contribution in [2.24, 2.45) is 0 Å². The van der Waals surface area contributed by atoms with E-state index in [-0.39, 0.29) is 23.3 Å². The lowest BCUT2D eigenvalue weighted by Gasteiger charge is -2.18. The van der Waals surface area contributed by atoms with Crippen LogP contribution >= 0.6 is 11.3 Å². The Morgan fingerprint density at radius 1 is 1.32 bits per heavy atom. The molecule has 2 N–H and O–H groups in total. The molecular weight excluding hydrogens is 347 g/mol. The number of rotatable bonds is 6. The second-order valence-electron chi connectivity index (χ2n) is 5.78. The van der Waals surface area contributed by atoms with E-state index in [1.807, 2.05) is 4.90 Å². The van der Waals surface area contributed by atoms with Crippen LogP contribution in [0.2, 0.25) is 0 Å². The predicted octanol–water partition coefficient (Wildman–Crippen LogP) is 1.66. The zero-order chi connectivity index (χ0) is 17.8. The molecule has 1 aliphatic rings. The SMILES string of the molecule is O=C(NCc1ccc(F)cc1)c1nnc(CN2CCCC2C(=O)O)s1. The van der Waals surface area contributed by atoms with Crippen LogP contribution in [0.25, 0.3) is 0 Å². The van der Waals surface area contributed by atoms with Crippen LogP contribution in [-0.2, 0) is 17.9 Å². The maximum Gasteiger partial charge on any atom is 0.320 e. The summed E-state index contributed by atoms with van der Waals surface area (Å²) in [6.07, 6.45) is 1.46. The van der Waals surface area contributed by atoms with Gasteiger partial charge in [0, 0.05) is 6.54 Å². The number of nitrogens with zero attached hydrogens (tertiary/aromatic N) is 3. The average molecular weight is 364 g/mol. The summed E-state index contributed by atoms with van der Waals surface area (Å²) in [5.41, 5.74) is 0.779. The van der Waals surface area contributed by atoms with Gasteiger partial charge < -0.3 is 10.4 Å². The lowest BCUT2D eigenvalue weighted by molar-refractivity contribution is -0.142. The van der Waals surface area contributed by atoms with Crippen molar-refractivity contribution in [1.29, 1.82) is 0 Å². The highest BCUT2D eigenvalue weighted by atomic mass is 32.1. The molecule has 1 unspecified atom stereocenters. The quantitative estimate of drug-likeness (QED) is 0.809. The smallest absolute Gasteiger partial charge is 0.320 e. The van der Waals surface area contributed by atoms with Crippen LogP contribution < -0.4 is 5.32 Å². The Kier molecular flexibility index (Phi) is 5.34. The van der Waals surface area contributed by atoms with Crippen molar-refractivity contribution in [2.75, 3.05) is 6.54 Å². The van der Waals surface area contributed by atoms with Crippen molar-refractivity contribution in [2.45, 2.75) is 32.0 Å². The summed E-state index contributed by atoms with van der Waals surface area (Å²) in [6.45, 7) is 1.34. The van der Waals surface area contributed by atoms with Gasteiger partial charge >= 0.3 is 5.97 Å². The number of aromatic nitrogens is 2. The number of hydrogen-bond acceptors (Lipinski definition) is 6. The number of hydrogen-bond donors (Lipinski definition) is 2. The molecular formula is C16H17FN4O3S. The van der Waals surface area contributed by atoms with Crippen LogP contribution in [0.15, 0.2) is 24.3 Å². The molecule has 0 saturated carbocycles. The summed E-state index contributed by atoms with van der Waals surface area (Å²) in [4.78, 5) is 25.2. The highest BCUT2D eigenvalue weighted by Gasteiger charge is 2.31. The van der Waals surface area contributed by atoms with Crippen molar-refractivity contribution in [1.82, 2.24) is 20.4 Å². The number of carbonyl (C=O) groups excluding carboxylic acids is 1. The van der Waals surface area contributed by atoms with Gasteiger partial charge in [-0.3, -0.25) is 14.5 Å². The molecule has 3 rings (SSSR count). The first-order valence-corrected chi connectivity index (χ1v) is 8.66. The summed E-state index contributed by atoms with van der Waals surface area (Å²) in [7, 11) is 0. The van der Waals surface area contributed by atoms with Crippen LogP contribution in [0.3, 0.4) is 0 Å². The first kappa shape index (κ1) is 17.4. The van der Waals surface area contributed by atoms with Crippen LogP contribution in [0.5, 0.6) is 0 Å². The zero-order valence-corrected chi connectivity index (χ0v) is 14.1. The molecule has 1 atom stereocenters. The molecule has 0 spiro atoms. The lowest BCUT2D eigenvalue weighted by Crippen LogP contribution is -2.35. The number of benzene rings is 1. The van der Waals surface area contributed by atoms with Crippen LogP contribution in [0.1, 0.15) is 33.2 Å². The maximum absolute atomic E-state index is 12.9. The standard InChI is InChI=1S/C16H17FN4O3S/c17-11-5-3-10(4-6-11)8-18-14(22)15-20-19-13(25-15)9-21-7-1-2-12(21)16(23)24/h3-6,12H,1-2,7-9H2,(H,18,22)(H,23,24). The summed E-state index contributed by atoms with van der Waals surface area (Å²) >= 11 is 1.15. The first-order valence-electron chi connectivity index (χ1n) is 7.85. The van der Waals surface area contributed by atoms with Crippen molar-refractivity contribution >= 4 is 23.2 Å². The molecule has 2 heterocycles. The number of carboxylic acid groups (broad SMARTS) is 1. The molecule has 25 heavy (non-hydrogen) atoms. The van der Waals surface area contributed by atoms with Gasteiger partial charge in [0.1, 0.15) is 16.9 Å². The van der Waals surface area contributed by atoms with Gasteiger partial charge in [-0.2, -0.15) is 0 Å². The van der Waals surface area contributed by atoms with E-state index in [1.54, 1.807) is 12.1 Å². The normalized spacial score (nSPS) is 17.6. The molecule has 0 radical (unpaired) electrons. The second-order valence-corrected chi connectivity index (χ2v) is 6.84. The molecule has 1 aromatic heterocycles. The topological polar surface area (TPSA) is 95.4 Å². The van der Waals surface area contributed by atoms with Gasteiger partial charge in [-0.25, -0.2) is 4.39 Å². The molecule has 132 valence electrons. The predicted molar refractivity (Wildman–Crippen MR) is 88.5 cm³/mol. The number of aliphatic carboxylic acids is 1. The van der Waals surface area contributed by atoms with E-state index in [9.17, 15) is 19.1 Å². The van der Waals surface area contributed by atoms with Gasteiger partial charge in [-0.05, 0) is 37.1 Å². The minimum Gasteiger partial charge on any atom is -0.480 e. The van der Waals surface area contributed by atoms with E-state index < -0.39 is 12.0 Å². The van der Waals surface area contributed by atoms with Gasteiger partial charge in [-0.15, -0.1) is 10.2 Å². The number of carbonyl (C=O) groups is 2. The lowest BCUT2D eigenvalue weighted by atomic mass is 10.2. The van der Waals surface area contributed by atoms with E-state index in [0.29, 0.717) is 24.5 Å². The molecule has 0 aliphatic carbocycles. The van der Waals surface area contributed by atoms with E-state index in [1.165, 1.54) is 12.1 Å². The summed E-state index contributed by atoms with van der Waals surface area (Å²) < 4.78 is 12.9. The Morgan fingerprint density at radius 3 is 2.80 bits per heavy atom. The third kappa shape index (κ3) is 4.37. The highest BCUT2D eigenvalue weighted by molar-refractivity contribution is 7.13. The fourth-order valence-corrected chi connectivity index (χ4v) is 3.52. The molecule has 1 saturated heterocycles. The third-order valence-electron chi connectivity index (χ3n) is 4.01. The van der Waals surface area contributed by atoms with Gasteiger partial charge in [0.25, 0.3) is 5.91 Å². The second kappa shape index (κ2) is 7.66. The van der Waals surface area contributed by atoms with Crippen molar-refractivity contribution in [3.8, 4) is 0 Å². The molecule has 1 aliphatic heterocycles. The number of halogens is 1. The third-order valence-corrected chi connectivity index (χ3v) is 4.92. The van der Waals surface area contributed by atoms with E-state index in [4.69, 9.17) is 0 Å². The van der Waals surface area contributed by atoms with Crippen molar-refractivity contribution in [3.05, 3.63) is 45.7 Å². The first-order chi connectivity index (χ1) is 12.0. The molecule has 1 amide bonds. The van der Waals surface area contributed by atoms with Crippen molar-refractivity contribution < 1.29 is 19.1 Å². The number of carboxylic acids is 1. The maximum atomic E-state index is 12.9. The fourth-order valence-electron chi connectivity index (χ4n) is 2.74. The average Bonchev–Trinajstić information content (AvgIpc) is 3.24. The Bertz CT molecular complexity index is 765.